The van der Waals surface area contributed by atoms with Crippen LogP contribution in [-0.2, 0) is 4.84 Å². The highest BCUT2D eigenvalue weighted by Crippen LogP contribution is 2.18. The average molecular weight is 275 g/mol. The van der Waals surface area contributed by atoms with Crippen molar-refractivity contribution in [2.75, 3.05) is 21.3 Å². The van der Waals surface area contributed by atoms with Crippen molar-refractivity contribution < 1.29 is 14.4 Å². The molecule has 0 saturated carbocycles. The van der Waals surface area contributed by atoms with E-state index in [4.69, 9.17) is 9.57 Å². The molecule has 4 heteroatoms. The third kappa shape index (κ3) is 4.29. The molecule has 0 radical (unpaired) electrons. The number of amides is 1. The standard InChI is InChI=1S/C16H21NO3/c1-12(2)7-6-8-13-11-14(19-4)9-10-15(13)16(18)17(3)20-5/h9-12H,7H2,1-5H3. The predicted octanol–water partition coefficient (Wildman–Crippen LogP) is 2.73. The second-order valence-corrected chi connectivity index (χ2v) is 4.80. The number of hydrogen-bond acceptors (Lipinski definition) is 3. The van der Waals surface area contributed by atoms with Crippen LogP contribution in [0.15, 0.2) is 18.2 Å². The molecule has 0 aromatic heterocycles. The van der Waals surface area contributed by atoms with Gasteiger partial charge in [0.25, 0.3) is 5.91 Å². The first-order chi connectivity index (χ1) is 9.49. The van der Waals surface area contributed by atoms with E-state index in [-0.39, 0.29) is 5.91 Å². The van der Waals surface area contributed by atoms with Crippen LogP contribution in [0, 0.1) is 17.8 Å². The largest absolute Gasteiger partial charge is 0.497 e. The van der Waals surface area contributed by atoms with Gasteiger partial charge in [-0.2, -0.15) is 0 Å². The Morgan fingerprint density at radius 3 is 2.60 bits per heavy atom. The first-order valence-corrected chi connectivity index (χ1v) is 6.48. The molecule has 4 nitrogen and oxygen atoms in total. The van der Waals surface area contributed by atoms with Crippen LogP contribution in [0.4, 0.5) is 0 Å². The molecule has 0 aliphatic carbocycles. The second kappa shape index (κ2) is 7.56. The highest BCUT2D eigenvalue weighted by molar-refractivity contribution is 5.96. The van der Waals surface area contributed by atoms with Crippen molar-refractivity contribution in [2.24, 2.45) is 5.92 Å². The predicted molar refractivity (Wildman–Crippen MR) is 78.4 cm³/mol. The Bertz CT molecular complexity index is 526. The first kappa shape index (κ1) is 16.1. The van der Waals surface area contributed by atoms with Gasteiger partial charge in [0.15, 0.2) is 0 Å². The molecule has 0 aliphatic heterocycles. The van der Waals surface area contributed by atoms with Crippen molar-refractivity contribution in [3.8, 4) is 17.6 Å². The van der Waals surface area contributed by atoms with Crippen molar-refractivity contribution in [3.63, 3.8) is 0 Å². The lowest BCUT2D eigenvalue weighted by Crippen LogP contribution is -2.26. The zero-order valence-corrected chi connectivity index (χ0v) is 12.7. The number of carbonyl (C=O) groups is 1. The summed E-state index contributed by atoms with van der Waals surface area (Å²) in [5, 5.41) is 1.18. The van der Waals surface area contributed by atoms with Gasteiger partial charge in [-0.3, -0.25) is 9.63 Å². The molecule has 1 aromatic carbocycles. The smallest absolute Gasteiger partial charge is 0.278 e. The van der Waals surface area contributed by atoms with Gasteiger partial charge < -0.3 is 4.74 Å². The summed E-state index contributed by atoms with van der Waals surface area (Å²) in [5.41, 5.74) is 1.16. The number of ether oxygens (including phenoxy) is 1. The number of rotatable bonds is 4. The lowest BCUT2D eigenvalue weighted by atomic mass is 10.1. The molecule has 0 N–H and O–H groups in total. The lowest BCUT2D eigenvalue weighted by molar-refractivity contribution is -0.0757. The molecular weight excluding hydrogens is 254 g/mol. The third-order valence-corrected chi connectivity index (χ3v) is 2.75. The van der Waals surface area contributed by atoms with E-state index in [0.29, 0.717) is 22.8 Å². The summed E-state index contributed by atoms with van der Waals surface area (Å²) in [5.74, 6) is 7.07. The fraction of sp³-hybridized carbons (Fsp3) is 0.438. The highest BCUT2D eigenvalue weighted by atomic mass is 16.7. The van der Waals surface area contributed by atoms with E-state index in [9.17, 15) is 4.79 Å². The maximum absolute atomic E-state index is 12.2. The van der Waals surface area contributed by atoms with Crippen molar-refractivity contribution in [1.29, 1.82) is 0 Å². The monoisotopic (exact) mass is 275 g/mol. The van der Waals surface area contributed by atoms with Crippen LogP contribution in [-0.4, -0.2) is 32.2 Å². The lowest BCUT2D eigenvalue weighted by Gasteiger charge is -2.15. The second-order valence-electron chi connectivity index (χ2n) is 4.80. The van der Waals surface area contributed by atoms with E-state index in [2.05, 4.69) is 25.7 Å². The van der Waals surface area contributed by atoms with Gasteiger partial charge in [0.1, 0.15) is 5.75 Å². The highest BCUT2D eigenvalue weighted by Gasteiger charge is 2.15. The molecule has 0 unspecified atom stereocenters. The van der Waals surface area contributed by atoms with Crippen molar-refractivity contribution in [3.05, 3.63) is 29.3 Å². The van der Waals surface area contributed by atoms with Crippen LogP contribution in [0.2, 0.25) is 0 Å². The van der Waals surface area contributed by atoms with Gasteiger partial charge in [0.05, 0.1) is 19.8 Å². The quantitative estimate of drug-likeness (QED) is 0.626. The zero-order chi connectivity index (χ0) is 15.1. The maximum atomic E-state index is 12.2. The summed E-state index contributed by atoms with van der Waals surface area (Å²) < 4.78 is 5.18. The molecule has 0 bridgehead atoms. The van der Waals surface area contributed by atoms with Crippen LogP contribution in [0.1, 0.15) is 36.2 Å². The summed E-state index contributed by atoms with van der Waals surface area (Å²) in [6, 6.07) is 5.21. The molecule has 0 aliphatic rings. The average Bonchev–Trinajstić information content (AvgIpc) is 2.45. The fourth-order valence-corrected chi connectivity index (χ4v) is 1.54. The van der Waals surface area contributed by atoms with Crippen molar-refractivity contribution in [2.45, 2.75) is 20.3 Å². The number of hydroxylamine groups is 2. The Morgan fingerprint density at radius 2 is 2.05 bits per heavy atom. The summed E-state index contributed by atoms with van der Waals surface area (Å²) in [6.45, 7) is 4.20. The minimum absolute atomic E-state index is 0.232. The van der Waals surface area contributed by atoms with Gasteiger partial charge in [-0.05, 0) is 24.1 Å². The van der Waals surface area contributed by atoms with E-state index >= 15 is 0 Å². The minimum Gasteiger partial charge on any atom is -0.497 e. The van der Waals surface area contributed by atoms with Crippen LogP contribution in [0.25, 0.3) is 0 Å². The summed E-state index contributed by atoms with van der Waals surface area (Å²) in [4.78, 5) is 17.1. The SMILES string of the molecule is COc1ccc(C(=O)N(C)OC)c(C#CCC(C)C)c1. The molecule has 0 heterocycles. The first-order valence-electron chi connectivity index (χ1n) is 6.48. The minimum atomic E-state index is -0.232. The molecule has 1 rings (SSSR count). The number of hydrogen-bond donors (Lipinski definition) is 0. The molecule has 20 heavy (non-hydrogen) atoms. The molecule has 108 valence electrons. The molecular formula is C16H21NO3. The Labute approximate surface area is 120 Å². The van der Waals surface area contributed by atoms with Gasteiger partial charge >= 0.3 is 0 Å². The zero-order valence-electron chi connectivity index (χ0n) is 12.7. The topological polar surface area (TPSA) is 38.8 Å². The van der Waals surface area contributed by atoms with E-state index in [1.165, 1.54) is 12.2 Å². The third-order valence-electron chi connectivity index (χ3n) is 2.75. The van der Waals surface area contributed by atoms with Crippen LogP contribution < -0.4 is 4.74 Å². The van der Waals surface area contributed by atoms with E-state index < -0.39 is 0 Å². The Hall–Kier alpha value is -1.99. The Morgan fingerprint density at radius 1 is 1.35 bits per heavy atom. The number of nitrogens with zero attached hydrogens (tertiary/aromatic N) is 1. The van der Waals surface area contributed by atoms with E-state index in [1.807, 2.05) is 0 Å². The van der Waals surface area contributed by atoms with Crippen molar-refractivity contribution >= 4 is 5.91 Å². The van der Waals surface area contributed by atoms with Crippen LogP contribution >= 0.6 is 0 Å². The molecule has 0 spiro atoms. The van der Waals surface area contributed by atoms with Gasteiger partial charge in [-0.15, -0.1) is 0 Å². The van der Waals surface area contributed by atoms with Crippen LogP contribution in [0.5, 0.6) is 5.75 Å². The molecule has 1 amide bonds. The normalized spacial score (nSPS) is 9.90. The fourth-order valence-electron chi connectivity index (χ4n) is 1.54. The number of benzene rings is 1. The molecule has 0 atom stereocenters. The summed E-state index contributed by atoms with van der Waals surface area (Å²) in [7, 11) is 4.60. The molecule has 0 saturated heterocycles. The van der Waals surface area contributed by atoms with Gasteiger partial charge in [-0.25, -0.2) is 5.06 Å². The number of carbonyl (C=O) groups excluding carboxylic acids is 1. The van der Waals surface area contributed by atoms with Gasteiger partial charge in [-0.1, -0.05) is 25.7 Å². The maximum Gasteiger partial charge on any atom is 0.278 e. The van der Waals surface area contributed by atoms with Gasteiger partial charge in [0, 0.05) is 19.0 Å². The Balaban J connectivity index is 3.15. The molecule has 1 aromatic rings. The van der Waals surface area contributed by atoms with E-state index in [0.717, 1.165) is 6.42 Å². The van der Waals surface area contributed by atoms with E-state index in [1.54, 1.807) is 32.4 Å². The Kier molecular flexibility index (Phi) is 6.08. The summed E-state index contributed by atoms with van der Waals surface area (Å²) in [6.07, 6.45) is 0.783. The van der Waals surface area contributed by atoms with Crippen LogP contribution in [0.3, 0.4) is 0 Å². The van der Waals surface area contributed by atoms with Crippen molar-refractivity contribution in [1.82, 2.24) is 5.06 Å². The molecule has 0 fully saturated rings. The summed E-state index contributed by atoms with van der Waals surface area (Å²) >= 11 is 0. The van der Waals surface area contributed by atoms with Gasteiger partial charge in [0.2, 0.25) is 0 Å². The number of methoxy groups -OCH3 is 1.